The van der Waals surface area contributed by atoms with Crippen LogP contribution >= 0.6 is 11.6 Å². The lowest BCUT2D eigenvalue weighted by Crippen LogP contribution is -2.33. The molecule has 3 heterocycles. The van der Waals surface area contributed by atoms with Gasteiger partial charge in [0.05, 0.1) is 32.7 Å². The fourth-order valence-corrected chi connectivity index (χ4v) is 4.91. The molecule has 0 radical (unpaired) electrons. The highest BCUT2D eigenvalue weighted by Crippen LogP contribution is 2.49. The molecule has 2 aromatic rings. The van der Waals surface area contributed by atoms with E-state index in [1.807, 2.05) is 4.90 Å². The zero-order valence-electron chi connectivity index (χ0n) is 15.0. The summed E-state index contributed by atoms with van der Waals surface area (Å²) in [5, 5.41) is 13.0. The highest BCUT2D eigenvalue weighted by molar-refractivity contribution is 6.38. The van der Waals surface area contributed by atoms with E-state index in [1.165, 1.54) is 6.20 Å². The first kappa shape index (κ1) is 17.0. The zero-order chi connectivity index (χ0) is 19.3. The first-order valence-electron chi connectivity index (χ1n) is 9.00. The van der Waals surface area contributed by atoms with Crippen LogP contribution in [-0.4, -0.2) is 39.8 Å². The summed E-state index contributed by atoms with van der Waals surface area (Å²) < 4.78 is 16.8. The molecule has 0 amide bonds. The van der Waals surface area contributed by atoms with Crippen LogP contribution in [0.5, 0.6) is 0 Å². The minimum atomic E-state index is -1.32. The first-order valence-corrected chi connectivity index (χ1v) is 9.37. The summed E-state index contributed by atoms with van der Waals surface area (Å²) in [5.41, 5.74) is -0.509. The fraction of sp³-hybridized carbons (Fsp3) is 0.474. The molecule has 3 fully saturated rings. The Labute approximate surface area is 159 Å². The van der Waals surface area contributed by atoms with Crippen molar-refractivity contribution >= 4 is 34.2 Å². The lowest BCUT2D eigenvalue weighted by molar-refractivity contribution is 0.0695. The summed E-state index contributed by atoms with van der Waals surface area (Å²) in [5.74, 6) is -1.91. The summed E-state index contributed by atoms with van der Waals surface area (Å²) in [4.78, 5) is 26.0. The maximum atomic E-state index is 15.0. The van der Waals surface area contributed by atoms with Gasteiger partial charge >= 0.3 is 5.97 Å². The number of anilines is 1. The molecule has 0 spiro atoms. The number of aromatic carboxylic acids is 1. The quantitative estimate of drug-likeness (QED) is 0.786. The molecule has 1 aromatic carbocycles. The number of carbonyl (C=O) groups is 1. The molecule has 8 heteroatoms. The monoisotopic (exact) mass is 391 g/mol. The van der Waals surface area contributed by atoms with Gasteiger partial charge in [-0.2, -0.15) is 0 Å². The van der Waals surface area contributed by atoms with Gasteiger partial charge in [-0.3, -0.25) is 10.1 Å². The molecule has 142 valence electrons. The molecule has 3 aliphatic rings. The summed E-state index contributed by atoms with van der Waals surface area (Å²) in [6.07, 6.45) is 3.11. The van der Waals surface area contributed by atoms with Crippen molar-refractivity contribution in [3.05, 3.63) is 38.9 Å². The highest BCUT2D eigenvalue weighted by Gasteiger charge is 2.66. The van der Waals surface area contributed by atoms with E-state index in [1.54, 1.807) is 4.57 Å². The number of fused-ring (bicyclic) bond motifs is 2. The van der Waals surface area contributed by atoms with Crippen molar-refractivity contribution in [2.24, 2.45) is 0 Å². The molecule has 6 nitrogen and oxygen atoms in total. The summed E-state index contributed by atoms with van der Waals surface area (Å²) in [6.45, 7) is 5.43. The summed E-state index contributed by atoms with van der Waals surface area (Å²) in [7, 11) is 0. The lowest BCUT2D eigenvalue weighted by Gasteiger charge is -2.26. The lowest BCUT2D eigenvalue weighted by atomic mass is 10.0. The second kappa shape index (κ2) is 5.02. The predicted molar refractivity (Wildman–Crippen MR) is 101 cm³/mol. The van der Waals surface area contributed by atoms with Gasteiger partial charge in [0.25, 0.3) is 0 Å². The standard InChI is InChI=1S/C19H19ClFN3O3/c1-18-7-23(8-19(18,2)22-18)15-12(21)5-10-14(13(15)20)24(9-3-4-9)6-11(16(10)25)17(26)27/h5-6,9,22H,3-4,7-8H2,1-2H3,(H,26,27). The topological polar surface area (TPSA) is 84.5 Å². The van der Waals surface area contributed by atoms with E-state index in [0.717, 1.165) is 18.9 Å². The fourth-order valence-electron chi connectivity index (χ4n) is 4.50. The van der Waals surface area contributed by atoms with Crippen LogP contribution in [0.1, 0.15) is 43.1 Å². The maximum Gasteiger partial charge on any atom is 0.341 e. The smallest absolute Gasteiger partial charge is 0.341 e. The number of nitrogens with zero attached hydrogens (tertiary/aromatic N) is 2. The first-order chi connectivity index (χ1) is 12.7. The molecule has 27 heavy (non-hydrogen) atoms. The van der Waals surface area contributed by atoms with Crippen LogP contribution in [0.25, 0.3) is 10.9 Å². The average molecular weight is 392 g/mol. The van der Waals surface area contributed by atoms with E-state index in [9.17, 15) is 14.7 Å². The number of pyridine rings is 1. The molecular formula is C19H19ClFN3O3. The molecule has 1 aliphatic carbocycles. The second-order valence-electron chi connectivity index (χ2n) is 8.38. The Bertz CT molecular complexity index is 1080. The van der Waals surface area contributed by atoms with Gasteiger partial charge < -0.3 is 14.6 Å². The van der Waals surface area contributed by atoms with E-state index in [0.29, 0.717) is 18.6 Å². The number of halogens is 2. The largest absolute Gasteiger partial charge is 0.477 e. The Morgan fingerprint density at radius 3 is 2.52 bits per heavy atom. The Hall–Kier alpha value is -2.12. The molecule has 2 saturated heterocycles. The van der Waals surface area contributed by atoms with Gasteiger partial charge in [0.1, 0.15) is 11.4 Å². The van der Waals surface area contributed by atoms with Crippen LogP contribution in [0.15, 0.2) is 17.1 Å². The molecule has 2 atom stereocenters. The van der Waals surface area contributed by atoms with Gasteiger partial charge in [-0.1, -0.05) is 11.6 Å². The van der Waals surface area contributed by atoms with E-state index < -0.39 is 17.2 Å². The number of carboxylic acid groups (broad SMARTS) is 1. The van der Waals surface area contributed by atoms with Crippen LogP contribution in [-0.2, 0) is 0 Å². The van der Waals surface area contributed by atoms with Crippen LogP contribution < -0.4 is 15.6 Å². The molecule has 1 saturated carbocycles. The number of aromatic nitrogens is 1. The van der Waals surface area contributed by atoms with Gasteiger partial charge in [0, 0.05) is 25.3 Å². The molecule has 2 aliphatic heterocycles. The third kappa shape index (κ3) is 2.21. The number of benzene rings is 1. The van der Waals surface area contributed by atoms with Crippen LogP contribution in [0.3, 0.4) is 0 Å². The van der Waals surface area contributed by atoms with Gasteiger partial charge in [0.15, 0.2) is 0 Å². The number of rotatable bonds is 3. The van der Waals surface area contributed by atoms with Crippen molar-refractivity contribution in [1.82, 2.24) is 9.88 Å². The van der Waals surface area contributed by atoms with Crippen LogP contribution in [0.4, 0.5) is 10.1 Å². The van der Waals surface area contributed by atoms with Crippen molar-refractivity contribution in [3.8, 4) is 0 Å². The van der Waals surface area contributed by atoms with E-state index in [-0.39, 0.29) is 38.8 Å². The van der Waals surface area contributed by atoms with Crippen LogP contribution in [0, 0.1) is 5.82 Å². The SMILES string of the molecule is CC12CN(c3c(F)cc4c(=O)c(C(=O)O)cn(C5CC5)c4c3Cl)CC1(C)N2. The predicted octanol–water partition coefficient (Wildman–Crippen LogP) is 2.77. The number of hydrogen-bond acceptors (Lipinski definition) is 4. The average Bonchev–Trinajstić information content (AvgIpc) is 3.45. The van der Waals surface area contributed by atoms with Gasteiger partial charge in [0.2, 0.25) is 5.43 Å². The minimum absolute atomic E-state index is 0.0213. The number of nitrogens with one attached hydrogen (secondary N) is 1. The Morgan fingerprint density at radius 1 is 1.33 bits per heavy atom. The van der Waals surface area contributed by atoms with Crippen molar-refractivity contribution in [3.63, 3.8) is 0 Å². The van der Waals surface area contributed by atoms with E-state index >= 15 is 4.39 Å². The normalized spacial score (nSPS) is 29.3. The third-order valence-corrected chi connectivity index (χ3v) is 6.75. The van der Waals surface area contributed by atoms with Gasteiger partial charge in [-0.05, 0) is 32.8 Å². The van der Waals surface area contributed by atoms with E-state index in [4.69, 9.17) is 11.6 Å². The molecule has 2 N–H and O–H groups in total. The van der Waals surface area contributed by atoms with Crippen molar-refractivity contribution in [1.29, 1.82) is 0 Å². The zero-order valence-corrected chi connectivity index (χ0v) is 15.7. The Balaban J connectivity index is 1.76. The number of hydrogen-bond donors (Lipinski definition) is 2. The third-order valence-electron chi connectivity index (χ3n) is 6.39. The maximum absolute atomic E-state index is 15.0. The highest BCUT2D eigenvalue weighted by atomic mass is 35.5. The molecule has 2 unspecified atom stereocenters. The van der Waals surface area contributed by atoms with Gasteiger partial charge in [-0.15, -0.1) is 0 Å². The van der Waals surface area contributed by atoms with Crippen LogP contribution in [0.2, 0.25) is 5.02 Å². The minimum Gasteiger partial charge on any atom is -0.477 e. The summed E-state index contributed by atoms with van der Waals surface area (Å²) in [6, 6.07) is 1.23. The van der Waals surface area contributed by atoms with Crippen molar-refractivity contribution in [2.75, 3.05) is 18.0 Å². The van der Waals surface area contributed by atoms with Gasteiger partial charge in [-0.25, -0.2) is 9.18 Å². The molecule has 5 rings (SSSR count). The molecule has 0 bridgehead atoms. The molecular weight excluding hydrogens is 373 g/mol. The summed E-state index contributed by atoms with van der Waals surface area (Å²) >= 11 is 6.65. The molecule has 1 aromatic heterocycles. The number of carboxylic acids is 1. The van der Waals surface area contributed by atoms with Crippen molar-refractivity contribution < 1.29 is 14.3 Å². The Morgan fingerprint density at radius 2 is 1.96 bits per heavy atom. The second-order valence-corrected chi connectivity index (χ2v) is 8.76. The van der Waals surface area contributed by atoms with Crippen molar-refractivity contribution in [2.45, 2.75) is 43.8 Å². The van der Waals surface area contributed by atoms with E-state index in [2.05, 4.69) is 19.2 Å². The Kier molecular flexibility index (Phi) is 3.17. The number of piperazine rings is 1.